The monoisotopic (exact) mass is 325 g/mol. The van der Waals surface area contributed by atoms with Crippen LogP contribution in [0, 0.1) is 0 Å². The van der Waals surface area contributed by atoms with Crippen molar-refractivity contribution < 1.29 is 9.21 Å². The first kappa shape index (κ1) is 15.9. The maximum Gasteiger partial charge on any atom is 0.420 e. The summed E-state index contributed by atoms with van der Waals surface area (Å²) in [6.07, 6.45) is 0. The second-order valence-corrected chi connectivity index (χ2v) is 5.81. The lowest BCUT2D eigenvalue weighted by Gasteiger charge is -2.08. The fourth-order valence-electron chi connectivity index (χ4n) is 2.56. The van der Waals surface area contributed by atoms with Gasteiger partial charge in [-0.1, -0.05) is 30.3 Å². The number of hydrogen-bond donors (Lipinski definition) is 2. The zero-order valence-corrected chi connectivity index (χ0v) is 13.6. The first-order chi connectivity index (χ1) is 11.5. The minimum absolute atomic E-state index is 0.00623. The third-order valence-electron chi connectivity index (χ3n) is 3.68. The highest BCUT2D eigenvalue weighted by Gasteiger charge is 2.12. The summed E-state index contributed by atoms with van der Waals surface area (Å²) in [4.78, 5) is 23.9. The molecule has 3 aromatic rings. The van der Waals surface area contributed by atoms with E-state index >= 15 is 0 Å². The van der Waals surface area contributed by atoms with Crippen molar-refractivity contribution in [2.45, 2.75) is 26.4 Å². The van der Waals surface area contributed by atoms with Crippen LogP contribution in [0.5, 0.6) is 0 Å². The molecular weight excluding hydrogens is 306 g/mol. The number of nitrogens with one attached hydrogen (secondary N) is 2. The van der Waals surface area contributed by atoms with E-state index < -0.39 is 5.76 Å². The molecule has 2 aromatic carbocycles. The Bertz CT molecular complexity index is 910. The number of oxazole rings is 1. The zero-order chi connectivity index (χ0) is 17.1. The number of urea groups is 1. The summed E-state index contributed by atoms with van der Waals surface area (Å²) >= 11 is 0. The van der Waals surface area contributed by atoms with E-state index in [-0.39, 0.29) is 12.1 Å². The molecule has 24 heavy (non-hydrogen) atoms. The molecule has 0 atom stereocenters. The van der Waals surface area contributed by atoms with Gasteiger partial charge in [-0.3, -0.25) is 4.57 Å². The molecule has 2 N–H and O–H groups in total. The van der Waals surface area contributed by atoms with Crippen LogP contribution in [0.3, 0.4) is 0 Å². The minimum atomic E-state index is -0.398. The predicted molar refractivity (Wildman–Crippen MR) is 93.2 cm³/mol. The summed E-state index contributed by atoms with van der Waals surface area (Å²) < 4.78 is 6.83. The van der Waals surface area contributed by atoms with Crippen molar-refractivity contribution in [2.24, 2.45) is 0 Å². The van der Waals surface area contributed by atoms with Crippen molar-refractivity contribution >= 4 is 22.8 Å². The Labute approximate surface area is 139 Å². The molecule has 0 aliphatic rings. The smallest absolute Gasteiger partial charge is 0.408 e. The molecule has 1 aromatic heterocycles. The van der Waals surface area contributed by atoms with Gasteiger partial charge in [0.2, 0.25) is 0 Å². The summed E-state index contributed by atoms with van der Waals surface area (Å²) in [6.45, 7) is 4.27. The number of rotatable bonds is 4. The van der Waals surface area contributed by atoms with Crippen molar-refractivity contribution in [1.29, 1.82) is 0 Å². The van der Waals surface area contributed by atoms with Crippen molar-refractivity contribution in [2.75, 3.05) is 5.32 Å². The molecule has 3 rings (SSSR count). The number of aromatic nitrogens is 1. The van der Waals surface area contributed by atoms with E-state index in [2.05, 4.69) is 10.6 Å². The molecule has 0 saturated carbocycles. The van der Waals surface area contributed by atoms with Gasteiger partial charge in [0, 0.05) is 24.3 Å². The normalized spacial score (nSPS) is 11.0. The molecule has 0 spiro atoms. The molecule has 0 fully saturated rings. The van der Waals surface area contributed by atoms with Crippen molar-refractivity contribution in [3.05, 3.63) is 64.6 Å². The molecule has 0 radical (unpaired) electrons. The molecule has 6 nitrogen and oxygen atoms in total. The number of hydrogen-bond acceptors (Lipinski definition) is 3. The first-order valence-corrected chi connectivity index (χ1v) is 7.78. The Kier molecular flexibility index (Phi) is 4.37. The number of anilines is 1. The number of nitrogens with zero attached hydrogens (tertiary/aromatic N) is 1. The number of amides is 2. The minimum Gasteiger partial charge on any atom is -0.408 e. The van der Waals surface area contributed by atoms with Gasteiger partial charge in [0.25, 0.3) is 0 Å². The van der Waals surface area contributed by atoms with E-state index in [1.54, 1.807) is 22.8 Å². The summed E-state index contributed by atoms with van der Waals surface area (Å²) in [5.41, 5.74) is 2.75. The van der Waals surface area contributed by atoms with Gasteiger partial charge in [0.15, 0.2) is 5.58 Å². The largest absolute Gasteiger partial charge is 0.420 e. The van der Waals surface area contributed by atoms with Crippen molar-refractivity contribution in [1.82, 2.24) is 9.88 Å². The standard InChI is InChI=1S/C18H19N3O3/c1-12(2)21-15-9-8-14(10-16(15)24-18(21)23)20-17(22)19-11-13-6-4-3-5-7-13/h3-10,12H,11H2,1-2H3,(H2,19,20,22). The fraction of sp³-hybridized carbons (Fsp3) is 0.222. The Hall–Kier alpha value is -3.02. The molecule has 0 unspecified atom stereocenters. The van der Waals surface area contributed by atoms with Crippen LogP contribution in [0.4, 0.5) is 10.5 Å². The average molecular weight is 325 g/mol. The highest BCUT2D eigenvalue weighted by Crippen LogP contribution is 2.20. The topological polar surface area (TPSA) is 76.3 Å². The summed E-state index contributed by atoms with van der Waals surface area (Å²) in [7, 11) is 0. The Morgan fingerprint density at radius 3 is 2.62 bits per heavy atom. The van der Waals surface area contributed by atoms with Crippen LogP contribution in [0.1, 0.15) is 25.5 Å². The fourth-order valence-corrected chi connectivity index (χ4v) is 2.56. The molecule has 124 valence electrons. The van der Waals surface area contributed by atoms with Crippen LogP contribution < -0.4 is 16.4 Å². The van der Waals surface area contributed by atoms with Gasteiger partial charge in [0.1, 0.15) is 0 Å². The SMILES string of the molecule is CC(C)n1c(=O)oc2cc(NC(=O)NCc3ccccc3)ccc21. The molecule has 6 heteroatoms. The summed E-state index contributed by atoms with van der Waals surface area (Å²) in [5, 5.41) is 5.52. The van der Waals surface area contributed by atoms with Crippen LogP contribution in [0.2, 0.25) is 0 Å². The van der Waals surface area contributed by atoms with Crippen molar-refractivity contribution in [3.8, 4) is 0 Å². The van der Waals surface area contributed by atoms with Crippen LogP contribution >= 0.6 is 0 Å². The Morgan fingerprint density at radius 1 is 1.17 bits per heavy atom. The van der Waals surface area contributed by atoms with E-state index in [0.717, 1.165) is 5.56 Å². The lowest BCUT2D eigenvalue weighted by atomic mass is 10.2. The molecule has 1 heterocycles. The number of carbonyl (C=O) groups excluding carboxylic acids is 1. The summed E-state index contributed by atoms with van der Waals surface area (Å²) in [6, 6.07) is 14.5. The van der Waals surface area contributed by atoms with Gasteiger partial charge in [0.05, 0.1) is 5.52 Å². The molecule has 0 bridgehead atoms. The van der Waals surface area contributed by atoms with E-state index in [1.807, 2.05) is 44.2 Å². The maximum absolute atomic E-state index is 12.0. The van der Waals surface area contributed by atoms with Gasteiger partial charge >= 0.3 is 11.8 Å². The lowest BCUT2D eigenvalue weighted by molar-refractivity contribution is 0.251. The third kappa shape index (κ3) is 3.32. The average Bonchev–Trinajstić information content (AvgIpc) is 2.89. The quantitative estimate of drug-likeness (QED) is 0.771. The van der Waals surface area contributed by atoms with Gasteiger partial charge in [-0.05, 0) is 31.5 Å². The van der Waals surface area contributed by atoms with E-state index in [9.17, 15) is 9.59 Å². The third-order valence-corrected chi connectivity index (χ3v) is 3.68. The van der Waals surface area contributed by atoms with Gasteiger partial charge in [-0.2, -0.15) is 0 Å². The number of carbonyl (C=O) groups is 1. The van der Waals surface area contributed by atoms with Gasteiger partial charge in [-0.15, -0.1) is 0 Å². The predicted octanol–water partition coefficient (Wildman–Crippen LogP) is 3.50. The lowest BCUT2D eigenvalue weighted by Crippen LogP contribution is -2.28. The van der Waals surface area contributed by atoms with Crippen LogP contribution in [0.25, 0.3) is 11.1 Å². The van der Waals surface area contributed by atoms with Crippen LogP contribution in [0.15, 0.2) is 57.7 Å². The second kappa shape index (κ2) is 6.62. The van der Waals surface area contributed by atoms with Crippen LogP contribution in [-0.2, 0) is 6.54 Å². The van der Waals surface area contributed by atoms with Crippen LogP contribution in [-0.4, -0.2) is 10.6 Å². The van der Waals surface area contributed by atoms with E-state index in [1.165, 1.54) is 0 Å². The number of benzene rings is 2. The zero-order valence-electron chi connectivity index (χ0n) is 13.6. The first-order valence-electron chi connectivity index (χ1n) is 7.78. The molecule has 0 aliphatic carbocycles. The van der Waals surface area contributed by atoms with E-state index in [4.69, 9.17) is 4.42 Å². The van der Waals surface area contributed by atoms with Gasteiger partial charge < -0.3 is 15.1 Å². The maximum atomic E-state index is 12.0. The van der Waals surface area contributed by atoms with Crippen molar-refractivity contribution in [3.63, 3.8) is 0 Å². The molecular formula is C18H19N3O3. The Balaban J connectivity index is 1.71. The molecule has 0 aliphatic heterocycles. The van der Waals surface area contributed by atoms with Gasteiger partial charge in [-0.25, -0.2) is 9.59 Å². The number of fused-ring (bicyclic) bond motifs is 1. The molecule has 0 saturated heterocycles. The molecule has 2 amide bonds. The second-order valence-electron chi connectivity index (χ2n) is 5.81. The Morgan fingerprint density at radius 2 is 1.92 bits per heavy atom. The highest BCUT2D eigenvalue weighted by molar-refractivity contribution is 5.91. The highest BCUT2D eigenvalue weighted by atomic mass is 16.4. The summed E-state index contributed by atoms with van der Waals surface area (Å²) in [5.74, 6) is -0.398. The van der Waals surface area contributed by atoms with E-state index in [0.29, 0.717) is 23.3 Å².